The first kappa shape index (κ1) is 14.8. The molecule has 0 heterocycles. The number of aryl methyl sites for hydroxylation is 2. The molecule has 0 spiro atoms. The Balaban J connectivity index is 2.22. The predicted molar refractivity (Wildman–Crippen MR) is 86.9 cm³/mol. The Hall–Kier alpha value is -1.60. The van der Waals surface area contributed by atoms with Crippen molar-refractivity contribution in [3.05, 3.63) is 70.3 Å². The highest BCUT2D eigenvalue weighted by atomic mass is 14.6. The Morgan fingerprint density at radius 1 is 0.950 bits per heavy atom. The molecule has 1 unspecified atom stereocenters. The van der Waals surface area contributed by atoms with E-state index < -0.39 is 0 Å². The predicted octanol–water partition coefficient (Wildman–Crippen LogP) is 4.55. The normalized spacial score (nSPS) is 12.7. The van der Waals surface area contributed by atoms with E-state index >= 15 is 0 Å². The van der Waals surface area contributed by atoms with Gasteiger partial charge in [0.25, 0.3) is 0 Å². The van der Waals surface area contributed by atoms with Gasteiger partial charge in [-0.05, 0) is 48.4 Å². The lowest BCUT2D eigenvalue weighted by atomic mass is 9.93. The van der Waals surface area contributed by atoms with Crippen molar-refractivity contribution in [1.29, 1.82) is 0 Å². The Kier molecular flexibility index (Phi) is 4.61. The molecule has 0 bridgehead atoms. The molecular formula is C19H25N. The van der Waals surface area contributed by atoms with E-state index in [1.807, 2.05) is 0 Å². The standard InChI is InChI=1S/C19H25N/c1-13(2)11-16-6-8-17(9-7-16)19(20)18-10-5-14(3)12-15(18)4/h5-10,12-13,19H,11,20H2,1-4H3. The molecule has 20 heavy (non-hydrogen) atoms. The molecule has 0 saturated carbocycles. The van der Waals surface area contributed by atoms with Crippen molar-refractivity contribution in [2.45, 2.75) is 40.2 Å². The fraction of sp³-hybridized carbons (Fsp3) is 0.368. The molecule has 0 aromatic heterocycles. The van der Waals surface area contributed by atoms with Crippen LogP contribution in [0.15, 0.2) is 42.5 Å². The lowest BCUT2D eigenvalue weighted by Gasteiger charge is -2.16. The van der Waals surface area contributed by atoms with Gasteiger partial charge in [-0.2, -0.15) is 0 Å². The van der Waals surface area contributed by atoms with Crippen molar-refractivity contribution >= 4 is 0 Å². The van der Waals surface area contributed by atoms with E-state index in [0.717, 1.165) is 6.42 Å². The van der Waals surface area contributed by atoms with E-state index in [1.54, 1.807) is 0 Å². The smallest absolute Gasteiger partial charge is 0.0554 e. The molecule has 1 nitrogen and oxygen atoms in total. The zero-order chi connectivity index (χ0) is 14.7. The minimum absolute atomic E-state index is 0.0382. The molecular weight excluding hydrogens is 242 g/mol. The number of hydrogen-bond donors (Lipinski definition) is 1. The van der Waals surface area contributed by atoms with Gasteiger partial charge in [0.2, 0.25) is 0 Å². The summed E-state index contributed by atoms with van der Waals surface area (Å²) in [5.74, 6) is 0.689. The molecule has 2 N–H and O–H groups in total. The molecule has 0 aliphatic rings. The highest BCUT2D eigenvalue weighted by molar-refractivity contribution is 5.39. The van der Waals surface area contributed by atoms with Gasteiger partial charge >= 0.3 is 0 Å². The van der Waals surface area contributed by atoms with Crippen LogP contribution >= 0.6 is 0 Å². The first-order chi connectivity index (χ1) is 9.47. The summed E-state index contributed by atoms with van der Waals surface area (Å²) >= 11 is 0. The van der Waals surface area contributed by atoms with E-state index in [-0.39, 0.29) is 6.04 Å². The monoisotopic (exact) mass is 267 g/mol. The van der Waals surface area contributed by atoms with Gasteiger partial charge in [-0.25, -0.2) is 0 Å². The summed E-state index contributed by atoms with van der Waals surface area (Å²) in [5.41, 5.74) is 12.8. The van der Waals surface area contributed by atoms with Crippen LogP contribution < -0.4 is 5.73 Å². The highest BCUT2D eigenvalue weighted by Crippen LogP contribution is 2.24. The average molecular weight is 267 g/mol. The van der Waals surface area contributed by atoms with Gasteiger partial charge in [0, 0.05) is 0 Å². The van der Waals surface area contributed by atoms with E-state index in [1.165, 1.54) is 27.8 Å². The molecule has 0 radical (unpaired) electrons. The maximum atomic E-state index is 6.42. The van der Waals surface area contributed by atoms with Crippen LogP contribution in [0.5, 0.6) is 0 Å². The highest BCUT2D eigenvalue weighted by Gasteiger charge is 2.11. The lowest BCUT2D eigenvalue weighted by molar-refractivity contribution is 0.647. The minimum Gasteiger partial charge on any atom is -0.320 e. The summed E-state index contributed by atoms with van der Waals surface area (Å²) < 4.78 is 0. The van der Waals surface area contributed by atoms with Crippen molar-refractivity contribution in [3.8, 4) is 0 Å². The van der Waals surface area contributed by atoms with Crippen LogP contribution in [0.1, 0.15) is 47.7 Å². The largest absolute Gasteiger partial charge is 0.320 e. The number of hydrogen-bond acceptors (Lipinski definition) is 1. The van der Waals surface area contributed by atoms with Crippen LogP contribution in [-0.2, 0) is 6.42 Å². The molecule has 1 atom stereocenters. The van der Waals surface area contributed by atoms with E-state index in [4.69, 9.17) is 5.73 Å². The minimum atomic E-state index is -0.0382. The maximum absolute atomic E-state index is 6.42. The second-order valence-corrected chi connectivity index (χ2v) is 6.18. The molecule has 2 aromatic carbocycles. The molecule has 0 fully saturated rings. The summed E-state index contributed by atoms with van der Waals surface area (Å²) in [7, 11) is 0. The summed E-state index contributed by atoms with van der Waals surface area (Å²) in [5, 5.41) is 0. The molecule has 1 heteroatoms. The van der Waals surface area contributed by atoms with Crippen molar-refractivity contribution in [1.82, 2.24) is 0 Å². The van der Waals surface area contributed by atoms with Crippen molar-refractivity contribution in [2.24, 2.45) is 11.7 Å². The van der Waals surface area contributed by atoms with Crippen LogP contribution in [0.2, 0.25) is 0 Å². The third-order valence-electron chi connectivity index (χ3n) is 3.74. The van der Waals surface area contributed by atoms with Gasteiger partial charge in [-0.3, -0.25) is 0 Å². The van der Waals surface area contributed by atoms with E-state index in [2.05, 4.69) is 70.2 Å². The van der Waals surface area contributed by atoms with Gasteiger partial charge in [-0.1, -0.05) is 61.9 Å². The molecule has 0 aliphatic carbocycles. The van der Waals surface area contributed by atoms with E-state index in [9.17, 15) is 0 Å². The van der Waals surface area contributed by atoms with Crippen LogP contribution in [0.3, 0.4) is 0 Å². The summed E-state index contributed by atoms with van der Waals surface area (Å²) in [6.07, 6.45) is 1.12. The number of nitrogens with two attached hydrogens (primary N) is 1. The second-order valence-electron chi connectivity index (χ2n) is 6.18. The molecule has 2 aromatic rings. The van der Waals surface area contributed by atoms with Gasteiger partial charge in [0.15, 0.2) is 0 Å². The third-order valence-corrected chi connectivity index (χ3v) is 3.74. The zero-order valence-corrected chi connectivity index (χ0v) is 13.0. The quantitative estimate of drug-likeness (QED) is 0.864. The Bertz CT molecular complexity index is 567. The molecule has 0 aliphatic heterocycles. The van der Waals surface area contributed by atoms with Gasteiger partial charge in [-0.15, -0.1) is 0 Å². The summed E-state index contributed by atoms with van der Waals surface area (Å²) in [6, 6.07) is 15.2. The van der Waals surface area contributed by atoms with Crippen molar-refractivity contribution in [2.75, 3.05) is 0 Å². The maximum Gasteiger partial charge on any atom is 0.0554 e. The van der Waals surface area contributed by atoms with Gasteiger partial charge in [0.1, 0.15) is 0 Å². The Morgan fingerprint density at radius 2 is 1.60 bits per heavy atom. The molecule has 0 amide bonds. The number of rotatable bonds is 4. The second kappa shape index (κ2) is 6.23. The Morgan fingerprint density at radius 3 is 2.15 bits per heavy atom. The first-order valence-electron chi connectivity index (χ1n) is 7.39. The molecule has 0 saturated heterocycles. The third kappa shape index (κ3) is 3.49. The van der Waals surface area contributed by atoms with Gasteiger partial charge < -0.3 is 5.73 Å². The van der Waals surface area contributed by atoms with Gasteiger partial charge in [0.05, 0.1) is 6.04 Å². The fourth-order valence-corrected chi connectivity index (χ4v) is 2.69. The van der Waals surface area contributed by atoms with Crippen LogP contribution in [-0.4, -0.2) is 0 Å². The first-order valence-corrected chi connectivity index (χ1v) is 7.39. The van der Waals surface area contributed by atoms with Crippen LogP contribution in [0.25, 0.3) is 0 Å². The van der Waals surface area contributed by atoms with Crippen molar-refractivity contribution < 1.29 is 0 Å². The van der Waals surface area contributed by atoms with Crippen LogP contribution in [0, 0.1) is 19.8 Å². The van der Waals surface area contributed by atoms with Crippen molar-refractivity contribution in [3.63, 3.8) is 0 Å². The summed E-state index contributed by atoms with van der Waals surface area (Å²) in [6.45, 7) is 8.74. The average Bonchev–Trinajstić information content (AvgIpc) is 2.38. The Labute approximate surface area is 122 Å². The molecule has 2 rings (SSSR count). The fourth-order valence-electron chi connectivity index (χ4n) is 2.69. The SMILES string of the molecule is Cc1ccc(C(N)c2ccc(CC(C)C)cc2)c(C)c1. The van der Waals surface area contributed by atoms with Crippen LogP contribution in [0.4, 0.5) is 0 Å². The van der Waals surface area contributed by atoms with E-state index in [0.29, 0.717) is 5.92 Å². The molecule has 106 valence electrons. The number of benzene rings is 2. The topological polar surface area (TPSA) is 26.0 Å². The summed E-state index contributed by atoms with van der Waals surface area (Å²) in [4.78, 5) is 0. The lowest BCUT2D eigenvalue weighted by Crippen LogP contribution is -2.13. The zero-order valence-electron chi connectivity index (χ0n) is 13.0.